The Kier molecular flexibility index (Phi) is 3.53. The van der Waals surface area contributed by atoms with Crippen LogP contribution in [-0.2, 0) is 4.94 Å². The molecule has 0 aromatic heterocycles. The monoisotopic (exact) mass is 212 g/mol. The number of hydrogen-bond acceptors (Lipinski definition) is 3. The molecule has 0 bridgehead atoms. The second kappa shape index (κ2) is 3.68. The summed E-state index contributed by atoms with van der Waals surface area (Å²) < 4.78 is 69.8. The molecule has 0 aliphatic rings. The summed E-state index contributed by atoms with van der Waals surface area (Å²) in [7, 11) is 1.79. The van der Waals surface area contributed by atoms with Crippen molar-refractivity contribution in [2.24, 2.45) is 0 Å². The number of alkyl halides is 6. The van der Waals surface area contributed by atoms with Crippen LogP contribution in [0.4, 0.5) is 26.3 Å². The summed E-state index contributed by atoms with van der Waals surface area (Å²) in [6.45, 7) is 0. The summed E-state index contributed by atoms with van der Waals surface area (Å²) in [4.78, 5) is 3.40. The predicted octanol–water partition coefficient (Wildman–Crippen LogP) is 1.74. The van der Waals surface area contributed by atoms with Crippen molar-refractivity contribution < 1.29 is 31.3 Å². The molecule has 0 heterocycles. The van der Waals surface area contributed by atoms with Gasteiger partial charge in [0.2, 0.25) is 0 Å². The number of halogens is 6. The third kappa shape index (κ3) is 4.29. The zero-order valence-corrected chi connectivity index (χ0v) is 6.57. The number of nitrogens with zero attached hydrogens (tertiary/aromatic N) is 2. The van der Waals surface area contributed by atoms with Crippen LogP contribution in [-0.4, -0.2) is 36.8 Å². The van der Waals surface area contributed by atoms with Gasteiger partial charge in [-0.05, 0) is 0 Å². The molecule has 0 unspecified atom stereocenters. The van der Waals surface area contributed by atoms with Crippen molar-refractivity contribution in [3.05, 3.63) is 0 Å². The molecule has 0 saturated heterocycles. The van der Waals surface area contributed by atoms with Crippen LogP contribution in [0.5, 0.6) is 0 Å². The second-order valence-electron chi connectivity index (χ2n) is 2.12. The fourth-order valence-electron chi connectivity index (χ4n) is 0.400. The van der Waals surface area contributed by atoms with Gasteiger partial charge in [0.25, 0.3) is 0 Å². The van der Waals surface area contributed by atoms with Gasteiger partial charge < -0.3 is 0 Å². The summed E-state index contributed by atoms with van der Waals surface area (Å²) >= 11 is 0. The topological polar surface area (TPSA) is 15.7 Å². The van der Waals surface area contributed by atoms with E-state index in [1.807, 2.05) is 0 Å². The highest BCUT2D eigenvalue weighted by Gasteiger charge is 2.56. The standard InChI is InChI=1S/C4H6F6N2O/c1-11(2)13-12(3(5,6)7)4(8,9)10/h1-2H3. The van der Waals surface area contributed by atoms with Gasteiger partial charge in [0.05, 0.1) is 0 Å². The van der Waals surface area contributed by atoms with Crippen LogP contribution in [0.3, 0.4) is 0 Å². The highest BCUT2D eigenvalue weighted by atomic mass is 19.4. The van der Waals surface area contributed by atoms with Crippen LogP contribution >= 0.6 is 0 Å². The van der Waals surface area contributed by atoms with Crippen LogP contribution < -0.4 is 0 Å². The Balaban J connectivity index is 4.58. The first-order chi connectivity index (χ1) is 5.55. The molecule has 0 aromatic rings. The minimum absolute atomic E-state index is 0.279. The van der Waals surface area contributed by atoms with E-state index < -0.39 is 17.7 Å². The number of rotatable bonds is 2. The maximum absolute atomic E-state index is 11.6. The van der Waals surface area contributed by atoms with E-state index >= 15 is 0 Å². The molecule has 0 fully saturated rings. The average Bonchev–Trinajstić information content (AvgIpc) is 1.77. The molecule has 0 atom stereocenters. The van der Waals surface area contributed by atoms with Gasteiger partial charge in [-0.2, -0.15) is 36.3 Å². The molecule has 0 spiro atoms. The number of hydrogen-bond donors (Lipinski definition) is 0. The molecule has 0 rings (SSSR count). The van der Waals surface area contributed by atoms with Crippen LogP contribution in [0.15, 0.2) is 0 Å². The molecule has 0 amide bonds. The molecule has 13 heavy (non-hydrogen) atoms. The van der Waals surface area contributed by atoms with Crippen molar-refractivity contribution in [2.45, 2.75) is 12.6 Å². The Morgan fingerprint density at radius 2 is 1.15 bits per heavy atom. The first kappa shape index (κ1) is 12.5. The van der Waals surface area contributed by atoms with Crippen molar-refractivity contribution in [3.63, 3.8) is 0 Å². The molecule has 0 radical (unpaired) electrons. The highest BCUT2D eigenvalue weighted by molar-refractivity contribution is 4.50. The van der Waals surface area contributed by atoms with E-state index in [-0.39, 0.29) is 5.06 Å². The van der Waals surface area contributed by atoms with Gasteiger partial charge in [0, 0.05) is 19.2 Å². The number of hydroxylamine groups is 4. The smallest absolute Gasteiger partial charge is 0.193 e. The van der Waals surface area contributed by atoms with Crippen LogP contribution in [0.1, 0.15) is 0 Å². The Labute approximate surface area is 69.4 Å². The van der Waals surface area contributed by atoms with E-state index in [0.29, 0.717) is 0 Å². The lowest BCUT2D eigenvalue weighted by atomic mass is 10.9. The Hall–Kier alpha value is -0.540. The van der Waals surface area contributed by atoms with Crippen LogP contribution in [0.25, 0.3) is 0 Å². The van der Waals surface area contributed by atoms with E-state index in [1.165, 1.54) is 0 Å². The zero-order chi connectivity index (χ0) is 10.9. The van der Waals surface area contributed by atoms with Crippen LogP contribution in [0, 0.1) is 0 Å². The third-order valence-corrected chi connectivity index (χ3v) is 0.706. The van der Waals surface area contributed by atoms with E-state index in [4.69, 9.17) is 0 Å². The highest BCUT2D eigenvalue weighted by Crippen LogP contribution is 2.33. The lowest BCUT2D eigenvalue weighted by molar-refractivity contribution is -0.525. The second-order valence-corrected chi connectivity index (χ2v) is 2.12. The molecule has 0 saturated carbocycles. The van der Waals surface area contributed by atoms with Gasteiger partial charge >= 0.3 is 12.6 Å². The summed E-state index contributed by atoms with van der Waals surface area (Å²) in [5.41, 5.74) is 0. The third-order valence-electron chi connectivity index (χ3n) is 0.706. The predicted molar refractivity (Wildman–Crippen MR) is 28.7 cm³/mol. The van der Waals surface area contributed by atoms with Gasteiger partial charge in [-0.3, -0.25) is 0 Å². The molecule has 3 nitrogen and oxygen atoms in total. The van der Waals surface area contributed by atoms with Crippen molar-refractivity contribution in [2.75, 3.05) is 14.1 Å². The zero-order valence-electron chi connectivity index (χ0n) is 6.57. The van der Waals surface area contributed by atoms with Crippen molar-refractivity contribution in [3.8, 4) is 0 Å². The van der Waals surface area contributed by atoms with Gasteiger partial charge in [0.1, 0.15) is 0 Å². The lowest BCUT2D eigenvalue weighted by Crippen LogP contribution is -2.50. The normalized spacial score (nSPS) is 14.3. The maximum atomic E-state index is 11.6. The Morgan fingerprint density at radius 3 is 1.23 bits per heavy atom. The van der Waals surface area contributed by atoms with Gasteiger partial charge in [0.15, 0.2) is 0 Å². The Bertz CT molecular complexity index is 149. The van der Waals surface area contributed by atoms with Gasteiger partial charge in [-0.25, -0.2) is 0 Å². The van der Waals surface area contributed by atoms with E-state index in [2.05, 4.69) is 4.94 Å². The largest absolute Gasteiger partial charge is 0.492 e. The minimum atomic E-state index is -5.62. The molecule has 0 N–H and O–H groups in total. The van der Waals surface area contributed by atoms with Gasteiger partial charge in [-0.1, -0.05) is 0 Å². The van der Waals surface area contributed by atoms with Crippen molar-refractivity contribution in [1.29, 1.82) is 0 Å². The summed E-state index contributed by atoms with van der Waals surface area (Å²) in [5.74, 6) is 0. The molecular weight excluding hydrogens is 206 g/mol. The average molecular weight is 212 g/mol. The fraction of sp³-hybridized carbons (Fsp3) is 1.00. The first-order valence-electron chi connectivity index (χ1n) is 2.84. The first-order valence-corrected chi connectivity index (χ1v) is 2.84. The summed E-state index contributed by atoms with van der Waals surface area (Å²) in [5, 5.41) is -1.72. The maximum Gasteiger partial charge on any atom is 0.492 e. The fourth-order valence-corrected chi connectivity index (χ4v) is 0.400. The lowest BCUT2D eigenvalue weighted by Gasteiger charge is -2.27. The van der Waals surface area contributed by atoms with Crippen molar-refractivity contribution in [1.82, 2.24) is 10.1 Å². The molecule has 9 heteroatoms. The Morgan fingerprint density at radius 1 is 0.846 bits per heavy atom. The molecule has 80 valence electrons. The molecular formula is C4H6F6N2O. The van der Waals surface area contributed by atoms with E-state index in [9.17, 15) is 26.3 Å². The SMILES string of the molecule is CN(C)ON(C(F)(F)F)C(F)(F)F. The van der Waals surface area contributed by atoms with Crippen molar-refractivity contribution >= 4 is 0 Å². The summed E-state index contributed by atoms with van der Waals surface area (Å²) in [6.07, 6.45) is -11.2. The quantitative estimate of drug-likeness (QED) is 0.394. The van der Waals surface area contributed by atoms with Gasteiger partial charge in [-0.15, -0.1) is 0 Å². The van der Waals surface area contributed by atoms with Crippen LogP contribution in [0.2, 0.25) is 0 Å². The minimum Gasteiger partial charge on any atom is -0.193 e. The molecule has 0 aliphatic heterocycles. The van der Waals surface area contributed by atoms with E-state index in [1.54, 1.807) is 0 Å². The van der Waals surface area contributed by atoms with E-state index in [0.717, 1.165) is 14.1 Å². The molecule has 0 aromatic carbocycles. The molecule has 0 aliphatic carbocycles. The summed E-state index contributed by atoms with van der Waals surface area (Å²) in [6, 6.07) is 0.